The summed E-state index contributed by atoms with van der Waals surface area (Å²) in [4.78, 5) is 0. The third-order valence-corrected chi connectivity index (χ3v) is 3.64. The molecule has 1 saturated carbocycles. The van der Waals surface area contributed by atoms with Crippen LogP contribution < -0.4 is 0 Å². The van der Waals surface area contributed by atoms with Gasteiger partial charge >= 0.3 is 0 Å². The summed E-state index contributed by atoms with van der Waals surface area (Å²) in [6.07, 6.45) is 8.07. The van der Waals surface area contributed by atoms with E-state index in [-0.39, 0.29) is 11.5 Å². The normalized spacial score (nSPS) is 23.1. The average Bonchev–Trinajstić information content (AvgIpc) is 2.15. The molecule has 1 rings (SSSR count). The van der Waals surface area contributed by atoms with Gasteiger partial charge in [-0.1, -0.05) is 31.8 Å². The second-order valence-corrected chi connectivity index (χ2v) is 5.23. The Hall–Kier alpha value is -0.300. The third kappa shape index (κ3) is 3.13. The number of aliphatic hydroxyl groups excluding tert-OH is 1. The van der Waals surface area contributed by atoms with Crippen molar-refractivity contribution < 1.29 is 5.11 Å². The monoisotopic (exact) mass is 196 g/mol. The molecule has 0 radical (unpaired) electrons. The van der Waals surface area contributed by atoms with Gasteiger partial charge in [-0.25, -0.2) is 0 Å². The predicted molar refractivity (Wildman–Crippen MR) is 61.2 cm³/mol. The number of hydrogen-bond acceptors (Lipinski definition) is 1. The van der Waals surface area contributed by atoms with Crippen molar-refractivity contribution in [1.29, 1.82) is 0 Å². The van der Waals surface area contributed by atoms with E-state index in [1.54, 1.807) is 0 Å². The minimum absolute atomic E-state index is 0.125. The smallest absolute Gasteiger partial charge is 0.0596 e. The van der Waals surface area contributed by atoms with Gasteiger partial charge in [0.1, 0.15) is 0 Å². The van der Waals surface area contributed by atoms with E-state index in [0.29, 0.717) is 0 Å². The van der Waals surface area contributed by atoms with Crippen molar-refractivity contribution in [2.24, 2.45) is 5.41 Å². The molecule has 1 aliphatic rings. The second kappa shape index (κ2) is 4.97. The highest BCUT2D eigenvalue weighted by Crippen LogP contribution is 2.40. The fraction of sp³-hybridized carbons (Fsp3) is 0.846. The highest BCUT2D eigenvalue weighted by molar-refractivity contribution is 4.92. The lowest BCUT2D eigenvalue weighted by Gasteiger charge is -2.38. The van der Waals surface area contributed by atoms with Crippen molar-refractivity contribution in [1.82, 2.24) is 0 Å². The Kier molecular flexibility index (Phi) is 4.18. The van der Waals surface area contributed by atoms with Crippen LogP contribution in [0.1, 0.15) is 58.8 Å². The molecule has 1 nitrogen and oxygen atoms in total. The first kappa shape index (κ1) is 11.8. The molecule has 0 aromatic heterocycles. The maximum absolute atomic E-state index is 10.1. The molecular weight excluding hydrogens is 172 g/mol. The van der Waals surface area contributed by atoms with Crippen molar-refractivity contribution in [3.05, 3.63) is 12.2 Å². The molecule has 0 aromatic rings. The topological polar surface area (TPSA) is 20.2 Å². The molecule has 0 aromatic carbocycles. The molecule has 82 valence electrons. The summed E-state index contributed by atoms with van der Waals surface area (Å²) in [6.45, 7) is 8.17. The van der Waals surface area contributed by atoms with Gasteiger partial charge in [0.2, 0.25) is 0 Å². The van der Waals surface area contributed by atoms with Crippen molar-refractivity contribution in [2.45, 2.75) is 64.9 Å². The van der Waals surface area contributed by atoms with Crippen molar-refractivity contribution in [3.63, 3.8) is 0 Å². The quantitative estimate of drug-likeness (QED) is 0.680. The number of allylic oxidation sites excluding steroid dienone is 1. The van der Waals surface area contributed by atoms with E-state index in [4.69, 9.17) is 0 Å². The summed E-state index contributed by atoms with van der Waals surface area (Å²) in [5.41, 5.74) is 1.37. The zero-order valence-electron chi connectivity index (χ0n) is 9.68. The second-order valence-electron chi connectivity index (χ2n) is 5.23. The summed E-state index contributed by atoms with van der Waals surface area (Å²) in [6, 6.07) is 0. The fourth-order valence-electron chi connectivity index (χ4n) is 2.42. The minimum Gasteiger partial charge on any atom is -0.393 e. The van der Waals surface area contributed by atoms with Crippen LogP contribution in [0.5, 0.6) is 0 Å². The summed E-state index contributed by atoms with van der Waals surface area (Å²) in [5.74, 6) is 0. The Morgan fingerprint density at radius 1 is 1.36 bits per heavy atom. The van der Waals surface area contributed by atoms with E-state index in [2.05, 4.69) is 13.5 Å². The van der Waals surface area contributed by atoms with Gasteiger partial charge in [0, 0.05) is 0 Å². The Morgan fingerprint density at radius 3 is 2.43 bits per heavy atom. The maximum atomic E-state index is 10.1. The minimum atomic E-state index is -0.125. The number of rotatable bonds is 4. The third-order valence-electron chi connectivity index (χ3n) is 3.64. The fourth-order valence-corrected chi connectivity index (χ4v) is 2.42. The molecule has 0 amide bonds. The van der Waals surface area contributed by atoms with Crippen LogP contribution in [0.25, 0.3) is 0 Å². The number of hydrogen-bond donors (Lipinski definition) is 1. The Bertz CT molecular complexity index is 189. The predicted octanol–water partition coefficient (Wildman–Crippen LogP) is 3.67. The molecular formula is C13H24O. The van der Waals surface area contributed by atoms with Crippen molar-refractivity contribution in [3.8, 4) is 0 Å². The molecule has 0 heterocycles. The summed E-state index contributed by atoms with van der Waals surface area (Å²) >= 11 is 0. The van der Waals surface area contributed by atoms with Gasteiger partial charge in [-0.15, -0.1) is 6.58 Å². The first-order valence-electron chi connectivity index (χ1n) is 5.87. The zero-order valence-corrected chi connectivity index (χ0v) is 9.68. The van der Waals surface area contributed by atoms with Gasteiger partial charge in [-0.05, 0) is 38.0 Å². The molecule has 1 aliphatic carbocycles. The Labute approximate surface area is 88.2 Å². The van der Waals surface area contributed by atoms with Crippen LogP contribution in [-0.4, -0.2) is 11.2 Å². The summed E-state index contributed by atoms with van der Waals surface area (Å²) in [5, 5.41) is 10.1. The Morgan fingerprint density at radius 2 is 1.93 bits per heavy atom. The molecule has 1 N–H and O–H groups in total. The van der Waals surface area contributed by atoms with Gasteiger partial charge in [0.05, 0.1) is 6.10 Å². The molecule has 1 heteroatoms. The van der Waals surface area contributed by atoms with Gasteiger partial charge in [0.25, 0.3) is 0 Å². The van der Waals surface area contributed by atoms with E-state index in [9.17, 15) is 5.11 Å². The van der Waals surface area contributed by atoms with Crippen LogP contribution in [0.3, 0.4) is 0 Å². The summed E-state index contributed by atoms with van der Waals surface area (Å²) < 4.78 is 0. The molecule has 0 bridgehead atoms. The molecule has 1 unspecified atom stereocenters. The standard InChI is InChI=1S/C13H24O/c1-11(2)7-8-12(14)13(3)9-5-4-6-10-13/h12,14H,1,4-10H2,2-3H3. The first-order valence-corrected chi connectivity index (χ1v) is 5.87. The molecule has 1 atom stereocenters. The van der Waals surface area contributed by atoms with Crippen LogP contribution >= 0.6 is 0 Å². The van der Waals surface area contributed by atoms with E-state index < -0.39 is 0 Å². The van der Waals surface area contributed by atoms with Gasteiger partial charge < -0.3 is 5.11 Å². The lowest BCUT2D eigenvalue weighted by atomic mass is 9.70. The number of aliphatic hydroxyl groups is 1. The molecule has 1 fully saturated rings. The average molecular weight is 196 g/mol. The highest BCUT2D eigenvalue weighted by Gasteiger charge is 2.33. The molecule has 14 heavy (non-hydrogen) atoms. The maximum Gasteiger partial charge on any atom is 0.0596 e. The largest absolute Gasteiger partial charge is 0.393 e. The van der Waals surface area contributed by atoms with Crippen LogP contribution in [0.15, 0.2) is 12.2 Å². The lowest BCUT2D eigenvalue weighted by molar-refractivity contribution is 0.00457. The van der Waals surface area contributed by atoms with Crippen LogP contribution in [0, 0.1) is 5.41 Å². The van der Waals surface area contributed by atoms with Gasteiger partial charge in [-0.3, -0.25) is 0 Å². The van der Waals surface area contributed by atoms with E-state index >= 15 is 0 Å². The van der Waals surface area contributed by atoms with Crippen molar-refractivity contribution in [2.75, 3.05) is 0 Å². The van der Waals surface area contributed by atoms with Gasteiger partial charge in [0.15, 0.2) is 0 Å². The summed E-state index contributed by atoms with van der Waals surface area (Å²) in [7, 11) is 0. The zero-order chi connectivity index (χ0) is 10.6. The Balaban J connectivity index is 2.40. The van der Waals surface area contributed by atoms with E-state index in [1.807, 2.05) is 6.92 Å². The lowest BCUT2D eigenvalue weighted by Crippen LogP contribution is -2.34. The highest BCUT2D eigenvalue weighted by atomic mass is 16.3. The van der Waals surface area contributed by atoms with Crippen LogP contribution in [-0.2, 0) is 0 Å². The van der Waals surface area contributed by atoms with Crippen molar-refractivity contribution >= 4 is 0 Å². The molecule has 0 spiro atoms. The van der Waals surface area contributed by atoms with Gasteiger partial charge in [-0.2, -0.15) is 0 Å². The molecule has 0 saturated heterocycles. The SMILES string of the molecule is C=C(C)CCC(O)C1(C)CCCCC1. The first-order chi connectivity index (χ1) is 6.54. The van der Waals surface area contributed by atoms with Crippen LogP contribution in [0.2, 0.25) is 0 Å². The molecule has 0 aliphatic heterocycles. The van der Waals surface area contributed by atoms with Crippen LogP contribution in [0.4, 0.5) is 0 Å². The van der Waals surface area contributed by atoms with E-state index in [0.717, 1.165) is 12.8 Å². The van der Waals surface area contributed by atoms with E-state index in [1.165, 1.54) is 37.7 Å².